The molecule has 0 radical (unpaired) electrons. The first-order valence-electron chi connectivity index (χ1n) is 6.71. The van der Waals surface area contributed by atoms with Crippen molar-refractivity contribution in [3.05, 3.63) is 52.2 Å². The number of carbonyl (C=O) groups excluding carboxylic acids is 2. The highest BCUT2D eigenvalue weighted by molar-refractivity contribution is 7.90. The van der Waals surface area contributed by atoms with E-state index in [0.717, 1.165) is 18.4 Å². The molecule has 2 aromatic rings. The lowest BCUT2D eigenvalue weighted by Crippen LogP contribution is -2.35. The van der Waals surface area contributed by atoms with Crippen molar-refractivity contribution in [1.29, 1.82) is 0 Å². The summed E-state index contributed by atoms with van der Waals surface area (Å²) in [4.78, 5) is 23.5. The molecule has 128 valence electrons. The van der Waals surface area contributed by atoms with Crippen LogP contribution < -0.4 is 4.72 Å². The maximum absolute atomic E-state index is 12.4. The molecule has 0 spiro atoms. The minimum Gasteiger partial charge on any atom is -0.465 e. The van der Waals surface area contributed by atoms with Crippen LogP contribution in [-0.4, -0.2) is 34.5 Å². The summed E-state index contributed by atoms with van der Waals surface area (Å²) in [6.45, 7) is 0. The summed E-state index contributed by atoms with van der Waals surface area (Å²) in [6, 6.07) is 9.69. The summed E-state index contributed by atoms with van der Waals surface area (Å²) in [5.41, 5.74) is 0.506. The lowest BCUT2D eigenvalue weighted by Gasteiger charge is -2.15. The van der Waals surface area contributed by atoms with E-state index >= 15 is 0 Å². The monoisotopic (exact) mass is 369 g/mol. The van der Waals surface area contributed by atoms with Crippen LogP contribution in [0.5, 0.6) is 0 Å². The molecule has 0 aliphatic carbocycles. The number of ether oxygens (including phenoxy) is 2. The summed E-state index contributed by atoms with van der Waals surface area (Å²) >= 11 is 0.910. The molecule has 1 atom stereocenters. The van der Waals surface area contributed by atoms with Gasteiger partial charge in [-0.3, -0.25) is 4.79 Å². The van der Waals surface area contributed by atoms with Crippen molar-refractivity contribution in [3.63, 3.8) is 0 Å². The van der Waals surface area contributed by atoms with Crippen LogP contribution in [0.2, 0.25) is 0 Å². The number of benzene rings is 1. The molecule has 1 unspecified atom stereocenters. The van der Waals surface area contributed by atoms with Crippen molar-refractivity contribution in [2.24, 2.45) is 0 Å². The maximum atomic E-state index is 12.4. The van der Waals surface area contributed by atoms with E-state index in [1.807, 2.05) is 4.72 Å². The largest absolute Gasteiger partial charge is 0.465 e. The van der Waals surface area contributed by atoms with Gasteiger partial charge >= 0.3 is 5.97 Å². The minimum absolute atomic E-state index is 0.105. The number of sulfonamides is 1. The first kappa shape index (κ1) is 18.1. The lowest BCUT2D eigenvalue weighted by atomic mass is 10.1. The van der Waals surface area contributed by atoms with Crippen molar-refractivity contribution in [3.8, 4) is 0 Å². The molecule has 9 heteroatoms. The molecular formula is C15H15NO6S2. The van der Waals surface area contributed by atoms with Gasteiger partial charge in [0.05, 0.1) is 7.11 Å². The van der Waals surface area contributed by atoms with Crippen LogP contribution in [0.25, 0.3) is 0 Å². The fourth-order valence-corrected chi connectivity index (χ4v) is 4.33. The van der Waals surface area contributed by atoms with Crippen LogP contribution in [0, 0.1) is 0 Å². The molecule has 0 fully saturated rings. The van der Waals surface area contributed by atoms with Crippen LogP contribution in [0.3, 0.4) is 0 Å². The van der Waals surface area contributed by atoms with Crippen molar-refractivity contribution in [2.75, 3.05) is 14.2 Å². The third kappa shape index (κ3) is 3.81. The number of rotatable bonds is 6. The van der Waals surface area contributed by atoms with E-state index in [4.69, 9.17) is 4.74 Å². The van der Waals surface area contributed by atoms with Gasteiger partial charge in [0, 0.05) is 7.11 Å². The van der Waals surface area contributed by atoms with E-state index in [0.29, 0.717) is 5.56 Å². The van der Waals surface area contributed by atoms with Gasteiger partial charge in [-0.15, -0.1) is 11.3 Å². The van der Waals surface area contributed by atoms with Crippen LogP contribution in [0.15, 0.2) is 46.7 Å². The van der Waals surface area contributed by atoms with Gasteiger partial charge in [-0.05, 0) is 17.0 Å². The summed E-state index contributed by atoms with van der Waals surface area (Å²) < 4.78 is 36.4. The fraction of sp³-hybridized carbons (Fsp3) is 0.200. The minimum atomic E-state index is -4.24. The normalized spacial score (nSPS) is 12.4. The fourth-order valence-electron chi connectivity index (χ4n) is 2.01. The zero-order valence-electron chi connectivity index (χ0n) is 12.9. The molecule has 2 rings (SSSR count). The van der Waals surface area contributed by atoms with Crippen molar-refractivity contribution < 1.29 is 27.5 Å². The molecule has 0 saturated heterocycles. The van der Waals surface area contributed by atoms with Gasteiger partial charge in [0.2, 0.25) is 0 Å². The van der Waals surface area contributed by atoms with Crippen molar-refractivity contribution in [1.82, 2.24) is 4.72 Å². The quantitative estimate of drug-likeness (QED) is 0.779. The van der Waals surface area contributed by atoms with Crippen LogP contribution >= 0.6 is 11.3 Å². The van der Waals surface area contributed by atoms with Gasteiger partial charge in [0.15, 0.2) is 6.10 Å². The summed E-state index contributed by atoms with van der Waals surface area (Å²) in [5.74, 6) is -1.64. The summed E-state index contributed by atoms with van der Waals surface area (Å²) in [5, 5.41) is 1.43. The number of nitrogens with one attached hydrogen (secondary N) is 1. The number of methoxy groups -OCH3 is 2. The Kier molecular flexibility index (Phi) is 5.71. The maximum Gasteiger partial charge on any atom is 0.349 e. The number of esters is 1. The third-order valence-corrected chi connectivity index (χ3v) is 5.51. The van der Waals surface area contributed by atoms with Gasteiger partial charge in [0.25, 0.3) is 15.9 Å². The van der Waals surface area contributed by atoms with E-state index in [1.165, 1.54) is 18.6 Å². The Labute approximate surface area is 143 Å². The molecule has 1 aromatic heterocycles. The molecule has 1 N–H and O–H groups in total. The van der Waals surface area contributed by atoms with Gasteiger partial charge in [-0.25, -0.2) is 17.9 Å². The zero-order valence-corrected chi connectivity index (χ0v) is 14.5. The Bertz CT molecular complexity index is 829. The van der Waals surface area contributed by atoms with Gasteiger partial charge in [-0.1, -0.05) is 30.3 Å². The number of hydrogen-bond acceptors (Lipinski definition) is 7. The highest BCUT2D eigenvalue weighted by Crippen LogP contribution is 2.24. The van der Waals surface area contributed by atoms with Gasteiger partial charge in [-0.2, -0.15) is 0 Å². The lowest BCUT2D eigenvalue weighted by molar-refractivity contribution is -0.129. The molecule has 7 nitrogen and oxygen atoms in total. The molecule has 0 bridgehead atoms. The Morgan fingerprint density at radius 1 is 1.12 bits per heavy atom. The summed E-state index contributed by atoms with van der Waals surface area (Å²) in [7, 11) is -1.79. The second kappa shape index (κ2) is 7.56. The molecule has 0 aliphatic rings. The molecule has 24 heavy (non-hydrogen) atoms. The van der Waals surface area contributed by atoms with Gasteiger partial charge < -0.3 is 9.47 Å². The second-order valence-electron chi connectivity index (χ2n) is 4.60. The highest BCUT2D eigenvalue weighted by atomic mass is 32.2. The van der Waals surface area contributed by atoms with Gasteiger partial charge in [0.1, 0.15) is 9.77 Å². The summed E-state index contributed by atoms with van der Waals surface area (Å²) in [6.07, 6.45) is -1.10. The van der Waals surface area contributed by atoms with E-state index < -0.39 is 28.0 Å². The molecule has 1 heterocycles. The van der Waals surface area contributed by atoms with Crippen LogP contribution in [0.4, 0.5) is 0 Å². The van der Waals surface area contributed by atoms with Crippen molar-refractivity contribution in [2.45, 2.75) is 11.0 Å². The van der Waals surface area contributed by atoms with Crippen LogP contribution in [0.1, 0.15) is 21.3 Å². The molecule has 1 aromatic carbocycles. The molecule has 1 amide bonds. The number of carbonyl (C=O) groups is 2. The predicted molar refractivity (Wildman–Crippen MR) is 87.2 cm³/mol. The Hall–Kier alpha value is -2.23. The molecular weight excluding hydrogens is 354 g/mol. The first-order valence-corrected chi connectivity index (χ1v) is 9.07. The SMILES string of the molecule is COC(=O)c1sccc1S(=O)(=O)NC(=O)C(OC)c1ccccc1. The topological polar surface area (TPSA) is 98.8 Å². The van der Waals surface area contributed by atoms with E-state index in [9.17, 15) is 18.0 Å². The average molecular weight is 369 g/mol. The van der Waals surface area contributed by atoms with E-state index in [2.05, 4.69) is 4.74 Å². The standard InChI is InChI=1S/C15H15NO6S2/c1-21-12(10-6-4-3-5-7-10)14(17)16-24(19,20)11-8-9-23-13(11)15(18)22-2/h3-9,12H,1-2H3,(H,16,17). The Morgan fingerprint density at radius 2 is 1.79 bits per heavy atom. The second-order valence-corrected chi connectivity index (χ2v) is 7.17. The van der Waals surface area contributed by atoms with Crippen LogP contribution in [-0.2, 0) is 24.3 Å². The first-order chi connectivity index (χ1) is 11.4. The molecule has 0 saturated carbocycles. The van der Waals surface area contributed by atoms with E-state index in [1.54, 1.807) is 30.3 Å². The van der Waals surface area contributed by atoms with E-state index in [-0.39, 0.29) is 9.77 Å². The number of amides is 1. The van der Waals surface area contributed by atoms with Crippen molar-refractivity contribution >= 4 is 33.2 Å². The number of hydrogen-bond donors (Lipinski definition) is 1. The zero-order chi connectivity index (χ0) is 17.7. The Morgan fingerprint density at radius 3 is 2.38 bits per heavy atom. The Balaban J connectivity index is 2.27. The number of thiophene rings is 1. The predicted octanol–water partition coefficient (Wildman–Crippen LogP) is 1.73. The smallest absolute Gasteiger partial charge is 0.349 e. The molecule has 0 aliphatic heterocycles. The third-order valence-electron chi connectivity index (χ3n) is 3.10. The average Bonchev–Trinajstić information content (AvgIpc) is 3.06. The highest BCUT2D eigenvalue weighted by Gasteiger charge is 2.29.